The second-order valence-corrected chi connectivity index (χ2v) is 14.8. The lowest BCUT2D eigenvalue weighted by atomic mass is 9.98. The number of benzene rings is 4. The molecule has 0 saturated carbocycles. The van der Waals surface area contributed by atoms with Gasteiger partial charge in [-0.05, 0) is 114 Å². The molecule has 0 amide bonds. The molecule has 0 spiro atoms. The smallest absolute Gasteiger partial charge is 0.338 e. The number of aromatic hydroxyl groups is 1. The maximum Gasteiger partial charge on any atom is 0.338 e. The number of imidazole rings is 2. The number of aromatic nitrogens is 4. The van der Waals surface area contributed by atoms with Gasteiger partial charge in [0.05, 0.1) is 0 Å². The monoisotopic (exact) mass is 787 g/mol. The van der Waals surface area contributed by atoms with E-state index in [1.54, 1.807) is 36.9 Å². The first-order valence-corrected chi connectivity index (χ1v) is 19.5. The maximum absolute atomic E-state index is 12.2. The van der Waals surface area contributed by atoms with Gasteiger partial charge in [0.25, 0.3) is 0 Å². The van der Waals surface area contributed by atoms with Crippen LogP contribution < -0.4 is 10.5 Å². The molecule has 6 aromatic rings. The van der Waals surface area contributed by atoms with Gasteiger partial charge in [0.2, 0.25) is 0 Å². The lowest BCUT2D eigenvalue weighted by molar-refractivity contribution is -0.135. The molecule has 0 aliphatic carbocycles. The summed E-state index contributed by atoms with van der Waals surface area (Å²) < 4.78 is 8.29. The quantitative estimate of drug-likeness (QED) is 0.0978. The summed E-state index contributed by atoms with van der Waals surface area (Å²) in [7, 11) is 8.12. The van der Waals surface area contributed by atoms with Crippen LogP contribution in [0.15, 0.2) is 147 Å². The first-order chi connectivity index (χ1) is 27.7. The zero-order chi connectivity index (χ0) is 42.5. The largest absolute Gasteiger partial charge is 0.508 e. The Morgan fingerprint density at radius 2 is 1.16 bits per heavy atom. The number of carbonyl (C=O) groups excluding carboxylic acids is 2. The van der Waals surface area contributed by atoms with Crippen LogP contribution in [0.1, 0.15) is 68.5 Å². The molecular formula is C47H61N7O4. The third-order valence-electron chi connectivity index (χ3n) is 9.27. The van der Waals surface area contributed by atoms with Crippen LogP contribution in [0.25, 0.3) is 0 Å². The van der Waals surface area contributed by atoms with E-state index in [9.17, 15) is 14.7 Å². The van der Waals surface area contributed by atoms with Crippen LogP contribution in [-0.4, -0.2) is 80.2 Å². The Morgan fingerprint density at radius 3 is 1.60 bits per heavy atom. The molecule has 0 saturated heterocycles. The lowest BCUT2D eigenvalue weighted by Gasteiger charge is -2.20. The van der Waals surface area contributed by atoms with Crippen molar-refractivity contribution in [2.24, 2.45) is 11.7 Å². The molecule has 2 unspecified atom stereocenters. The van der Waals surface area contributed by atoms with Crippen molar-refractivity contribution in [1.82, 2.24) is 28.9 Å². The average molecular weight is 788 g/mol. The number of phenols is 1. The van der Waals surface area contributed by atoms with Crippen molar-refractivity contribution in [3.63, 3.8) is 0 Å². The highest BCUT2D eigenvalue weighted by Gasteiger charge is 2.14. The second kappa shape index (κ2) is 24.7. The van der Waals surface area contributed by atoms with E-state index < -0.39 is 0 Å². The predicted octanol–water partition coefficient (Wildman–Crippen LogP) is 8.67. The highest BCUT2D eigenvalue weighted by atomic mass is 16.5. The minimum Gasteiger partial charge on any atom is -0.508 e. The van der Waals surface area contributed by atoms with E-state index in [1.165, 1.54) is 32.9 Å². The van der Waals surface area contributed by atoms with Crippen LogP contribution >= 0.6 is 0 Å². The van der Waals surface area contributed by atoms with Crippen molar-refractivity contribution >= 4 is 12.0 Å². The number of rotatable bonds is 11. The third kappa shape index (κ3) is 17.1. The van der Waals surface area contributed by atoms with Crippen molar-refractivity contribution in [3.8, 4) is 11.5 Å². The van der Waals surface area contributed by atoms with Gasteiger partial charge in [0.1, 0.15) is 24.2 Å². The summed E-state index contributed by atoms with van der Waals surface area (Å²) in [6, 6.07) is 36.4. The first kappa shape index (κ1) is 46.5. The Kier molecular flexibility index (Phi) is 19.8. The Bertz CT molecular complexity index is 1980. The van der Waals surface area contributed by atoms with E-state index in [0.29, 0.717) is 24.0 Å². The molecule has 0 aliphatic heterocycles. The Balaban J connectivity index is 0.000000223. The van der Waals surface area contributed by atoms with E-state index >= 15 is 0 Å². The summed E-state index contributed by atoms with van der Waals surface area (Å²) in [6.45, 7) is 8.34. The van der Waals surface area contributed by atoms with Crippen molar-refractivity contribution in [1.29, 1.82) is 0 Å². The van der Waals surface area contributed by atoms with Gasteiger partial charge in [-0.2, -0.15) is 0 Å². The molecule has 2 aromatic heterocycles. The molecule has 2 heterocycles. The number of hydrogen-bond acceptors (Lipinski definition) is 9. The van der Waals surface area contributed by atoms with Gasteiger partial charge in [-0.25, -0.2) is 14.8 Å². The van der Waals surface area contributed by atoms with Crippen molar-refractivity contribution < 1.29 is 19.4 Å². The average Bonchev–Trinajstić information content (AvgIpc) is 3.95. The van der Waals surface area contributed by atoms with Crippen LogP contribution in [0.2, 0.25) is 0 Å². The number of ether oxygens (including phenoxy) is 1. The molecule has 6 rings (SSSR count). The molecule has 11 nitrogen and oxygen atoms in total. The van der Waals surface area contributed by atoms with Gasteiger partial charge in [0, 0.05) is 49.3 Å². The number of esters is 1. The van der Waals surface area contributed by atoms with Crippen LogP contribution in [0.5, 0.6) is 11.5 Å². The number of nitrogens with zero attached hydrogens (tertiary/aromatic N) is 6. The number of carbonyl (C=O) groups is 2. The zero-order valence-electron chi connectivity index (χ0n) is 35.2. The van der Waals surface area contributed by atoms with E-state index in [2.05, 4.69) is 70.9 Å². The van der Waals surface area contributed by atoms with Crippen molar-refractivity contribution in [2.75, 3.05) is 28.2 Å². The molecule has 0 radical (unpaired) electrons. The summed E-state index contributed by atoms with van der Waals surface area (Å²) in [5, 5.41) is 9.23. The minimum absolute atomic E-state index is 0.173. The van der Waals surface area contributed by atoms with E-state index in [-0.39, 0.29) is 30.0 Å². The summed E-state index contributed by atoms with van der Waals surface area (Å²) in [4.78, 5) is 35.4. The fraction of sp³-hybridized carbons (Fsp3) is 0.319. The zero-order valence-corrected chi connectivity index (χ0v) is 35.2. The lowest BCUT2D eigenvalue weighted by Crippen LogP contribution is -2.17. The Hall–Kier alpha value is -5.88. The van der Waals surface area contributed by atoms with Crippen LogP contribution in [0.4, 0.5) is 4.79 Å². The van der Waals surface area contributed by atoms with Gasteiger partial charge in [0.15, 0.2) is 0 Å². The van der Waals surface area contributed by atoms with Gasteiger partial charge in [-0.3, -0.25) is 13.9 Å². The van der Waals surface area contributed by atoms with E-state index in [0.717, 1.165) is 24.0 Å². The summed E-state index contributed by atoms with van der Waals surface area (Å²) >= 11 is 0. The predicted molar refractivity (Wildman–Crippen MR) is 233 cm³/mol. The van der Waals surface area contributed by atoms with Crippen molar-refractivity contribution in [3.05, 3.63) is 169 Å². The minimum atomic E-state index is -0.190. The molecule has 58 heavy (non-hydrogen) atoms. The highest BCUT2D eigenvalue weighted by molar-refractivity contribution is 5.78. The van der Waals surface area contributed by atoms with Crippen LogP contribution in [0, 0.1) is 5.92 Å². The van der Waals surface area contributed by atoms with Crippen LogP contribution in [0.3, 0.4) is 0 Å². The molecule has 11 heteroatoms. The molecule has 0 aliphatic rings. The molecule has 4 atom stereocenters. The summed E-state index contributed by atoms with van der Waals surface area (Å²) in [5.74, 6) is 1.04. The Morgan fingerprint density at radius 1 is 0.672 bits per heavy atom. The van der Waals surface area contributed by atoms with E-state index in [1.807, 2.05) is 102 Å². The fourth-order valence-corrected chi connectivity index (χ4v) is 5.63. The SMILES string of the molecule is CC(CC(=O)Oc1cccc([C@H](C)N(C)C)c1)Cc1ccccc1.CC(N)Cc1ccccc1.C[C@@H](c1cccc(O)c1)N(C)C.O=C(n1ccnc1)n1ccnc1. The number of phenolic OH excluding ortho intramolecular Hbond substituents is 1. The van der Waals surface area contributed by atoms with Gasteiger partial charge in [-0.1, -0.05) is 91.9 Å². The normalized spacial score (nSPS) is 12.7. The molecule has 3 N–H and O–H groups in total. The van der Waals surface area contributed by atoms with Crippen molar-refractivity contribution in [2.45, 2.75) is 65.1 Å². The standard InChI is InChI=1S/C21H27NO2.C10H15NO.C9H13N.C7H6N4O/c1-16(13-18-9-6-5-7-10-18)14-21(23)24-20-12-8-11-19(15-20)17(2)22(3)4;1-8(11(2)3)9-5-4-6-10(12)7-9;1-8(10)7-9-5-3-2-4-6-9;12-7(10-3-1-8-5-10)11-4-2-9-6-11/h5-12,15-17H,13-14H2,1-4H3;4-8,12H,1-3H3;2-6,8H,7,10H2,1H3;1-6H/t16?,17-;8-;;/m00../s1. The van der Waals surface area contributed by atoms with E-state index in [4.69, 9.17) is 10.5 Å². The van der Waals surface area contributed by atoms with Gasteiger partial charge in [-0.15, -0.1) is 0 Å². The molecular weight excluding hydrogens is 727 g/mol. The molecule has 0 bridgehead atoms. The fourth-order valence-electron chi connectivity index (χ4n) is 5.63. The highest BCUT2D eigenvalue weighted by Crippen LogP contribution is 2.23. The summed E-state index contributed by atoms with van der Waals surface area (Å²) in [6.07, 6.45) is 11.4. The maximum atomic E-state index is 12.2. The molecule has 308 valence electrons. The first-order valence-electron chi connectivity index (χ1n) is 19.5. The summed E-state index contributed by atoms with van der Waals surface area (Å²) in [5.41, 5.74) is 10.5. The number of nitrogens with two attached hydrogens (primary N) is 1. The second-order valence-electron chi connectivity index (χ2n) is 14.8. The number of hydrogen-bond donors (Lipinski definition) is 2. The molecule has 4 aromatic carbocycles. The van der Waals surface area contributed by atoms with Gasteiger partial charge < -0.3 is 25.4 Å². The molecule has 0 fully saturated rings. The van der Waals surface area contributed by atoms with Crippen LogP contribution in [-0.2, 0) is 17.6 Å². The Labute approximate surface area is 344 Å². The van der Waals surface area contributed by atoms with Gasteiger partial charge >= 0.3 is 12.0 Å². The third-order valence-corrected chi connectivity index (χ3v) is 9.27. The topological polar surface area (TPSA) is 132 Å².